The van der Waals surface area contributed by atoms with E-state index >= 15 is 0 Å². The summed E-state index contributed by atoms with van der Waals surface area (Å²) in [5, 5.41) is 0.895. The highest BCUT2D eigenvalue weighted by atomic mass is 19.1. The average molecular weight is 268 g/mol. The molecule has 0 amide bonds. The highest BCUT2D eigenvalue weighted by Gasteiger charge is 2.18. The summed E-state index contributed by atoms with van der Waals surface area (Å²) in [6.45, 7) is 3.39. The van der Waals surface area contributed by atoms with Crippen LogP contribution in [0.25, 0.3) is 22.2 Å². The van der Waals surface area contributed by atoms with E-state index in [0.29, 0.717) is 5.65 Å². The summed E-state index contributed by atoms with van der Waals surface area (Å²) in [4.78, 5) is 16.1. The van der Waals surface area contributed by atoms with Crippen molar-refractivity contribution in [2.45, 2.75) is 13.8 Å². The zero-order valence-electron chi connectivity index (χ0n) is 11.2. The van der Waals surface area contributed by atoms with Gasteiger partial charge in [0.2, 0.25) is 5.91 Å². The Kier molecular flexibility index (Phi) is 2.86. The van der Waals surface area contributed by atoms with Gasteiger partial charge in [0.15, 0.2) is 0 Å². The normalized spacial score (nSPS) is 10.9. The number of benzene rings is 1. The fourth-order valence-electron chi connectivity index (χ4n) is 2.60. The van der Waals surface area contributed by atoms with E-state index in [1.54, 1.807) is 22.9 Å². The van der Waals surface area contributed by atoms with E-state index in [1.807, 2.05) is 19.1 Å². The molecule has 0 aliphatic heterocycles. The molecule has 0 saturated heterocycles. The SMILES string of the molecule is CC(=O)n1c(C)c(-c2ccc(F)cc2)c2cccnc21. The second-order valence-corrected chi connectivity index (χ2v) is 4.70. The summed E-state index contributed by atoms with van der Waals surface area (Å²) in [7, 11) is 0. The number of aromatic nitrogens is 2. The predicted molar refractivity (Wildman–Crippen MR) is 76.2 cm³/mol. The van der Waals surface area contributed by atoms with Gasteiger partial charge < -0.3 is 0 Å². The third kappa shape index (κ3) is 1.81. The maximum absolute atomic E-state index is 13.1. The molecular weight excluding hydrogens is 255 g/mol. The Morgan fingerprint density at radius 3 is 2.55 bits per heavy atom. The Balaban J connectivity index is 2.38. The molecule has 3 nitrogen and oxygen atoms in total. The van der Waals surface area contributed by atoms with Crippen molar-refractivity contribution in [3.63, 3.8) is 0 Å². The van der Waals surface area contributed by atoms with Crippen molar-refractivity contribution < 1.29 is 9.18 Å². The first kappa shape index (κ1) is 12.5. The summed E-state index contributed by atoms with van der Waals surface area (Å²) in [6.07, 6.45) is 1.66. The minimum absolute atomic E-state index is 0.0837. The number of pyridine rings is 1. The lowest BCUT2D eigenvalue weighted by atomic mass is 10.0. The lowest BCUT2D eigenvalue weighted by Crippen LogP contribution is -2.07. The highest BCUT2D eigenvalue weighted by molar-refractivity contribution is 6.01. The summed E-state index contributed by atoms with van der Waals surface area (Å²) in [6, 6.07) is 10.0. The Bertz CT molecular complexity index is 803. The van der Waals surface area contributed by atoms with Gasteiger partial charge in [-0.3, -0.25) is 9.36 Å². The minimum Gasteiger partial charge on any atom is -0.274 e. The van der Waals surface area contributed by atoms with Gasteiger partial charge in [-0.15, -0.1) is 0 Å². The van der Waals surface area contributed by atoms with E-state index in [-0.39, 0.29) is 11.7 Å². The van der Waals surface area contributed by atoms with Gasteiger partial charge in [-0.1, -0.05) is 12.1 Å². The summed E-state index contributed by atoms with van der Waals surface area (Å²) in [5.74, 6) is -0.362. The molecule has 0 atom stereocenters. The molecule has 100 valence electrons. The third-order valence-electron chi connectivity index (χ3n) is 3.41. The van der Waals surface area contributed by atoms with Gasteiger partial charge in [-0.2, -0.15) is 0 Å². The Labute approximate surface area is 115 Å². The molecule has 3 aromatic rings. The van der Waals surface area contributed by atoms with Crippen molar-refractivity contribution in [3.05, 3.63) is 54.1 Å². The van der Waals surface area contributed by atoms with Gasteiger partial charge in [0.1, 0.15) is 11.5 Å². The summed E-state index contributed by atoms with van der Waals surface area (Å²) < 4.78 is 14.7. The number of halogens is 1. The largest absolute Gasteiger partial charge is 0.274 e. The van der Waals surface area contributed by atoms with E-state index in [0.717, 1.165) is 22.2 Å². The Morgan fingerprint density at radius 2 is 1.90 bits per heavy atom. The molecule has 0 radical (unpaired) electrons. The van der Waals surface area contributed by atoms with Crippen LogP contribution in [0, 0.1) is 12.7 Å². The van der Waals surface area contributed by atoms with Crippen LogP contribution in [0.15, 0.2) is 42.6 Å². The van der Waals surface area contributed by atoms with Crippen LogP contribution >= 0.6 is 0 Å². The van der Waals surface area contributed by atoms with Crippen LogP contribution in [-0.4, -0.2) is 15.5 Å². The zero-order chi connectivity index (χ0) is 14.3. The van der Waals surface area contributed by atoms with Crippen LogP contribution in [-0.2, 0) is 0 Å². The maximum Gasteiger partial charge on any atom is 0.229 e. The second-order valence-electron chi connectivity index (χ2n) is 4.70. The molecule has 0 aliphatic carbocycles. The van der Waals surface area contributed by atoms with Gasteiger partial charge in [-0.25, -0.2) is 9.37 Å². The second kappa shape index (κ2) is 4.56. The van der Waals surface area contributed by atoms with Crippen LogP contribution in [0.1, 0.15) is 17.4 Å². The number of fused-ring (bicyclic) bond motifs is 1. The minimum atomic E-state index is -0.278. The first-order valence-corrected chi connectivity index (χ1v) is 6.32. The van der Waals surface area contributed by atoms with E-state index in [2.05, 4.69) is 4.98 Å². The molecule has 2 heterocycles. The molecule has 0 saturated carbocycles. The molecule has 4 heteroatoms. The fraction of sp³-hybridized carbons (Fsp3) is 0.125. The van der Waals surface area contributed by atoms with Crippen molar-refractivity contribution in [1.29, 1.82) is 0 Å². The van der Waals surface area contributed by atoms with Gasteiger partial charge in [0.25, 0.3) is 0 Å². The number of rotatable bonds is 1. The average Bonchev–Trinajstić information content (AvgIpc) is 2.72. The number of hydrogen-bond acceptors (Lipinski definition) is 2. The van der Waals surface area contributed by atoms with Crippen molar-refractivity contribution in [2.24, 2.45) is 0 Å². The standard InChI is InChI=1S/C16H13FN2O/c1-10-15(12-5-7-13(17)8-6-12)14-4-3-9-18-16(14)19(10)11(2)20/h3-9H,1-2H3. The first-order chi connectivity index (χ1) is 9.59. The third-order valence-corrected chi connectivity index (χ3v) is 3.41. The maximum atomic E-state index is 13.1. The molecule has 3 rings (SSSR count). The van der Waals surface area contributed by atoms with Crippen molar-refractivity contribution in [3.8, 4) is 11.1 Å². The van der Waals surface area contributed by atoms with Gasteiger partial charge in [0, 0.05) is 29.8 Å². The van der Waals surface area contributed by atoms with Crippen molar-refractivity contribution in [2.75, 3.05) is 0 Å². The van der Waals surface area contributed by atoms with Gasteiger partial charge >= 0.3 is 0 Å². The van der Waals surface area contributed by atoms with E-state index < -0.39 is 0 Å². The molecule has 2 aromatic heterocycles. The van der Waals surface area contributed by atoms with Crippen LogP contribution in [0.3, 0.4) is 0 Å². The van der Waals surface area contributed by atoms with Crippen molar-refractivity contribution >= 4 is 16.9 Å². The number of carbonyl (C=O) groups excluding carboxylic acids is 1. The molecule has 0 fully saturated rings. The molecule has 0 aliphatic rings. The first-order valence-electron chi connectivity index (χ1n) is 6.32. The molecule has 0 spiro atoms. The van der Waals surface area contributed by atoms with Crippen LogP contribution in [0.4, 0.5) is 4.39 Å². The number of nitrogens with zero attached hydrogens (tertiary/aromatic N) is 2. The quantitative estimate of drug-likeness (QED) is 0.672. The van der Waals surface area contributed by atoms with E-state index in [1.165, 1.54) is 19.1 Å². The lowest BCUT2D eigenvalue weighted by molar-refractivity contribution is 0.0939. The van der Waals surface area contributed by atoms with Crippen LogP contribution in [0.2, 0.25) is 0 Å². The summed E-state index contributed by atoms with van der Waals surface area (Å²) in [5.41, 5.74) is 3.25. The number of hydrogen-bond donors (Lipinski definition) is 0. The predicted octanol–water partition coefficient (Wildman–Crippen LogP) is 3.81. The monoisotopic (exact) mass is 268 g/mol. The molecule has 0 N–H and O–H groups in total. The van der Waals surface area contributed by atoms with E-state index in [9.17, 15) is 9.18 Å². The zero-order valence-corrected chi connectivity index (χ0v) is 11.2. The molecule has 0 unspecified atom stereocenters. The summed E-state index contributed by atoms with van der Waals surface area (Å²) >= 11 is 0. The van der Waals surface area contributed by atoms with Gasteiger partial charge in [0.05, 0.1) is 0 Å². The van der Waals surface area contributed by atoms with Crippen molar-refractivity contribution in [1.82, 2.24) is 9.55 Å². The lowest BCUT2D eigenvalue weighted by Gasteiger charge is -2.03. The molecule has 20 heavy (non-hydrogen) atoms. The number of carbonyl (C=O) groups is 1. The van der Waals surface area contributed by atoms with Crippen LogP contribution < -0.4 is 0 Å². The smallest absolute Gasteiger partial charge is 0.229 e. The Morgan fingerprint density at radius 1 is 1.20 bits per heavy atom. The van der Waals surface area contributed by atoms with Crippen LogP contribution in [0.5, 0.6) is 0 Å². The fourth-order valence-corrected chi connectivity index (χ4v) is 2.60. The van der Waals surface area contributed by atoms with E-state index in [4.69, 9.17) is 0 Å². The molecular formula is C16H13FN2O. The highest BCUT2D eigenvalue weighted by Crippen LogP contribution is 2.33. The molecule has 0 bridgehead atoms. The topological polar surface area (TPSA) is 34.9 Å². The molecule has 1 aromatic carbocycles. The van der Waals surface area contributed by atoms with Gasteiger partial charge in [-0.05, 0) is 36.8 Å². The Hall–Kier alpha value is -2.49.